The van der Waals surface area contributed by atoms with Crippen LogP contribution in [0.5, 0.6) is 0 Å². The summed E-state index contributed by atoms with van der Waals surface area (Å²) in [6.07, 6.45) is 1.78. The number of hydrogen-bond acceptors (Lipinski definition) is 5. The van der Waals surface area contributed by atoms with Crippen LogP contribution in [0.3, 0.4) is 0 Å². The molecule has 1 aromatic heterocycles. The van der Waals surface area contributed by atoms with E-state index >= 15 is 0 Å². The molecule has 0 fully saturated rings. The zero-order valence-corrected chi connectivity index (χ0v) is 7.21. The number of nitrogens with one attached hydrogen (secondary N) is 1. The normalized spacial score (nSPS) is 11.8. The number of rotatable bonds is 4. The summed E-state index contributed by atoms with van der Waals surface area (Å²) in [4.78, 5) is 5.03. The van der Waals surface area contributed by atoms with Crippen molar-refractivity contribution in [3.8, 4) is 0 Å². The first-order valence-electron chi connectivity index (χ1n) is 3.37. The second kappa shape index (κ2) is 4.68. The molecule has 0 radical (unpaired) electrons. The zero-order valence-electron chi connectivity index (χ0n) is 6.40. The van der Waals surface area contributed by atoms with E-state index in [0.29, 0.717) is 13.1 Å². The fourth-order valence-corrected chi connectivity index (χ4v) is 1.24. The summed E-state index contributed by atoms with van der Waals surface area (Å²) in [6, 6.07) is 0. The number of hydrogen-bond donors (Lipinski definition) is 3. The molecule has 1 heterocycles. The average Bonchev–Trinajstić information content (AvgIpc) is 2.57. The van der Waals surface area contributed by atoms with Crippen molar-refractivity contribution in [2.24, 2.45) is 10.9 Å². The summed E-state index contributed by atoms with van der Waals surface area (Å²) < 4.78 is 0. The van der Waals surface area contributed by atoms with Gasteiger partial charge in [0.2, 0.25) is 0 Å². The lowest BCUT2D eigenvalue weighted by atomic mass is 10.5. The molecule has 0 saturated carbocycles. The zero-order chi connectivity index (χ0) is 8.81. The van der Waals surface area contributed by atoms with Crippen LogP contribution in [-0.2, 0) is 6.54 Å². The second-order valence-corrected chi connectivity index (χ2v) is 3.13. The Morgan fingerprint density at radius 2 is 2.67 bits per heavy atom. The maximum atomic E-state index is 8.21. The van der Waals surface area contributed by atoms with Crippen LogP contribution in [0.4, 0.5) is 0 Å². The minimum Gasteiger partial charge on any atom is -0.409 e. The van der Waals surface area contributed by atoms with Crippen LogP contribution in [0.25, 0.3) is 0 Å². The van der Waals surface area contributed by atoms with Crippen molar-refractivity contribution in [1.29, 1.82) is 0 Å². The molecule has 0 spiro atoms. The van der Waals surface area contributed by atoms with Crippen LogP contribution in [0.15, 0.2) is 16.9 Å². The molecule has 0 aliphatic carbocycles. The van der Waals surface area contributed by atoms with Crippen molar-refractivity contribution >= 4 is 17.2 Å². The van der Waals surface area contributed by atoms with E-state index in [1.165, 1.54) is 0 Å². The molecule has 0 aliphatic heterocycles. The SMILES string of the molecule is NC(CNCc1cncs1)=NO. The average molecular weight is 186 g/mol. The molecule has 1 rings (SSSR count). The fourth-order valence-electron chi connectivity index (χ4n) is 0.679. The molecule has 12 heavy (non-hydrogen) atoms. The van der Waals surface area contributed by atoms with E-state index < -0.39 is 0 Å². The molecule has 5 nitrogen and oxygen atoms in total. The molecular weight excluding hydrogens is 176 g/mol. The maximum Gasteiger partial charge on any atom is 0.153 e. The molecule has 0 bridgehead atoms. The van der Waals surface area contributed by atoms with Gasteiger partial charge in [-0.15, -0.1) is 11.3 Å². The summed E-state index contributed by atoms with van der Waals surface area (Å²) >= 11 is 1.57. The number of amidine groups is 1. The van der Waals surface area contributed by atoms with Gasteiger partial charge in [0.05, 0.1) is 12.1 Å². The van der Waals surface area contributed by atoms with Crippen LogP contribution < -0.4 is 11.1 Å². The third-order valence-electron chi connectivity index (χ3n) is 1.22. The maximum absolute atomic E-state index is 8.21. The van der Waals surface area contributed by atoms with Crippen LogP contribution in [0.2, 0.25) is 0 Å². The highest BCUT2D eigenvalue weighted by atomic mass is 32.1. The minimum atomic E-state index is 0.180. The first kappa shape index (κ1) is 8.95. The predicted molar refractivity (Wildman–Crippen MR) is 47.2 cm³/mol. The van der Waals surface area contributed by atoms with Crippen molar-refractivity contribution in [2.45, 2.75) is 6.54 Å². The van der Waals surface area contributed by atoms with Gasteiger partial charge in [0, 0.05) is 17.6 Å². The highest BCUT2D eigenvalue weighted by Crippen LogP contribution is 2.03. The van der Waals surface area contributed by atoms with Gasteiger partial charge >= 0.3 is 0 Å². The Bertz CT molecular complexity index is 246. The van der Waals surface area contributed by atoms with Crippen molar-refractivity contribution in [3.05, 3.63) is 16.6 Å². The largest absolute Gasteiger partial charge is 0.409 e. The summed E-state index contributed by atoms with van der Waals surface area (Å²) in [6.45, 7) is 1.08. The van der Waals surface area contributed by atoms with Gasteiger partial charge in [-0.3, -0.25) is 4.98 Å². The Hall–Kier alpha value is -1.14. The van der Waals surface area contributed by atoms with E-state index in [4.69, 9.17) is 10.9 Å². The van der Waals surface area contributed by atoms with Gasteiger partial charge in [-0.05, 0) is 0 Å². The van der Waals surface area contributed by atoms with Gasteiger partial charge in [-0.1, -0.05) is 5.16 Å². The lowest BCUT2D eigenvalue weighted by molar-refractivity contribution is 0.317. The molecule has 6 heteroatoms. The van der Waals surface area contributed by atoms with Crippen LogP contribution in [0, 0.1) is 0 Å². The molecule has 0 amide bonds. The molecular formula is C6H10N4OS. The number of nitrogens with zero attached hydrogens (tertiary/aromatic N) is 2. The number of aromatic nitrogens is 1. The quantitative estimate of drug-likeness (QED) is 0.267. The van der Waals surface area contributed by atoms with E-state index in [0.717, 1.165) is 4.88 Å². The Labute approximate surface area is 73.9 Å². The van der Waals surface area contributed by atoms with Gasteiger partial charge in [0.25, 0.3) is 0 Å². The van der Waals surface area contributed by atoms with E-state index in [2.05, 4.69) is 15.5 Å². The van der Waals surface area contributed by atoms with E-state index in [-0.39, 0.29) is 5.84 Å². The standard InChI is InChI=1S/C6H10N4OS/c7-6(10-11)3-8-1-5-2-9-4-12-5/h2,4,8,11H,1,3H2,(H2,7,10). The van der Waals surface area contributed by atoms with Crippen molar-refractivity contribution in [3.63, 3.8) is 0 Å². The molecule has 0 aliphatic rings. The van der Waals surface area contributed by atoms with Crippen molar-refractivity contribution in [1.82, 2.24) is 10.3 Å². The van der Waals surface area contributed by atoms with Gasteiger partial charge in [0.1, 0.15) is 0 Å². The summed E-state index contributed by atoms with van der Waals surface area (Å²) in [5, 5.41) is 14.0. The van der Waals surface area contributed by atoms with Crippen LogP contribution >= 0.6 is 11.3 Å². The summed E-state index contributed by atoms with van der Waals surface area (Å²) in [5.74, 6) is 0.180. The molecule has 0 saturated heterocycles. The Balaban J connectivity index is 2.19. The number of nitrogens with two attached hydrogens (primary N) is 1. The Kier molecular flexibility index (Phi) is 3.49. The molecule has 66 valence electrons. The van der Waals surface area contributed by atoms with Crippen LogP contribution in [0.1, 0.15) is 4.88 Å². The first-order chi connectivity index (χ1) is 5.83. The minimum absolute atomic E-state index is 0.180. The molecule has 0 atom stereocenters. The van der Waals surface area contributed by atoms with E-state index in [9.17, 15) is 0 Å². The van der Waals surface area contributed by atoms with Crippen molar-refractivity contribution < 1.29 is 5.21 Å². The van der Waals surface area contributed by atoms with Gasteiger partial charge < -0.3 is 16.3 Å². The highest BCUT2D eigenvalue weighted by molar-refractivity contribution is 7.09. The summed E-state index contributed by atoms with van der Waals surface area (Å²) in [7, 11) is 0. The lowest BCUT2D eigenvalue weighted by Crippen LogP contribution is -2.28. The lowest BCUT2D eigenvalue weighted by Gasteiger charge is -1.99. The topological polar surface area (TPSA) is 83.5 Å². The van der Waals surface area contributed by atoms with Gasteiger partial charge in [-0.25, -0.2) is 0 Å². The first-order valence-corrected chi connectivity index (χ1v) is 4.25. The van der Waals surface area contributed by atoms with E-state index in [1.807, 2.05) is 0 Å². The second-order valence-electron chi connectivity index (χ2n) is 2.16. The highest BCUT2D eigenvalue weighted by Gasteiger charge is 1.94. The summed E-state index contributed by atoms with van der Waals surface area (Å²) in [5.41, 5.74) is 7.00. The monoisotopic (exact) mass is 186 g/mol. The predicted octanol–water partition coefficient (Wildman–Crippen LogP) is -0.0209. The third kappa shape index (κ3) is 2.85. The molecule has 0 unspecified atom stereocenters. The number of thiazole rings is 1. The smallest absolute Gasteiger partial charge is 0.153 e. The van der Waals surface area contributed by atoms with Crippen molar-refractivity contribution in [2.75, 3.05) is 6.54 Å². The molecule has 0 aromatic carbocycles. The Morgan fingerprint density at radius 3 is 3.25 bits per heavy atom. The Morgan fingerprint density at radius 1 is 1.83 bits per heavy atom. The molecule has 4 N–H and O–H groups in total. The van der Waals surface area contributed by atoms with Gasteiger partial charge in [0.15, 0.2) is 5.84 Å². The molecule has 1 aromatic rings. The van der Waals surface area contributed by atoms with E-state index in [1.54, 1.807) is 23.0 Å². The van der Waals surface area contributed by atoms with Crippen LogP contribution in [-0.4, -0.2) is 22.6 Å². The fraction of sp³-hybridized carbons (Fsp3) is 0.333. The van der Waals surface area contributed by atoms with Gasteiger partial charge in [-0.2, -0.15) is 0 Å². The third-order valence-corrected chi connectivity index (χ3v) is 2.00. The number of oxime groups is 1.